The number of nitrogens with one attached hydrogen (secondary N) is 3. The number of rotatable bonds is 8. The van der Waals surface area contributed by atoms with Crippen LogP contribution in [0.5, 0.6) is 0 Å². The molecule has 2 saturated heterocycles. The molecule has 37 heavy (non-hydrogen) atoms. The van der Waals surface area contributed by atoms with Crippen LogP contribution in [0.2, 0.25) is 0 Å². The summed E-state index contributed by atoms with van der Waals surface area (Å²) < 4.78 is 3.76. The molecule has 15 nitrogen and oxygen atoms in total. The lowest BCUT2D eigenvalue weighted by molar-refractivity contribution is -0.141. The summed E-state index contributed by atoms with van der Waals surface area (Å²) in [5.74, 6) is -4.25. The second-order valence-electron chi connectivity index (χ2n) is 8.34. The molecule has 0 radical (unpaired) electrons. The molecular formula is C20H24N8O7S2. The number of aliphatic carboxylic acids is 2. The minimum absolute atomic E-state index is 0.00453. The minimum atomic E-state index is -1.62. The van der Waals surface area contributed by atoms with E-state index in [1.165, 1.54) is 0 Å². The van der Waals surface area contributed by atoms with E-state index in [1.54, 1.807) is 11.0 Å². The van der Waals surface area contributed by atoms with Crippen molar-refractivity contribution >= 4 is 57.9 Å². The number of oxime groups is 1. The monoisotopic (exact) mass is 552 g/mol. The molecule has 0 unspecified atom stereocenters. The number of hydrogen-bond acceptors (Lipinski definition) is 13. The molecule has 4 rings (SSSR count). The predicted molar refractivity (Wildman–Crippen MR) is 132 cm³/mol. The number of nitrogens with two attached hydrogens (primary N) is 1. The molecule has 0 saturated carbocycles. The van der Waals surface area contributed by atoms with Crippen LogP contribution in [-0.2, 0) is 19.2 Å². The van der Waals surface area contributed by atoms with Crippen LogP contribution in [0, 0.1) is 0 Å². The summed E-state index contributed by atoms with van der Waals surface area (Å²) in [5.41, 5.74) is 5.38. The van der Waals surface area contributed by atoms with Gasteiger partial charge >= 0.3 is 11.9 Å². The standard InChI is InChI=1S/C20H24N8O7S2/c21-20-25-14(27-37-20)12(26-35)15(29)23-13(19(33)34)16-24-11(18(31)32)9(7-36-16)5-8-2-4-28(17(8)30)10-1-3-22-6-10/h5,10,13,16,22,24,35H,1-4,6-7H2,(H,23,29)(H,31,32)(H,33,34)(H2,21,25,27)/b8-5-,26-12-/t10-,13+,16-/m1/s1. The van der Waals surface area contributed by atoms with Gasteiger partial charge in [0.05, 0.1) is 0 Å². The van der Waals surface area contributed by atoms with Crippen molar-refractivity contribution in [2.45, 2.75) is 30.3 Å². The zero-order valence-electron chi connectivity index (χ0n) is 19.2. The van der Waals surface area contributed by atoms with Crippen molar-refractivity contribution < 1.29 is 34.6 Å². The average Bonchev–Trinajstić information content (AvgIpc) is 3.61. The Bertz CT molecular complexity index is 1210. The number of carboxylic acids is 2. The Morgan fingerprint density at radius 3 is 2.70 bits per heavy atom. The molecule has 198 valence electrons. The number of carbonyl (C=O) groups excluding carboxylic acids is 2. The van der Waals surface area contributed by atoms with Gasteiger partial charge in [0, 0.05) is 42.0 Å². The van der Waals surface area contributed by atoms with E-state index in [2.05, 4.69) is 30.5 Å². The van der Waals surface area contributed by atoms with Crippen LogP contribution in [0.1, 0.15) is 18.7 Å². The van der Waals surface area contributed by atoms with Gasteiger partial charge in [0.15, 0.2) is 11.2 Å². The van der Waals surface area contributed by atoms with Crippen LogP contribution >= 0.6 is 23.3 Å². The first-order valence-electron chi connectivity index (χ1n) is 11.1. The van der Waals surface area contributed by atoms with Gasteiger partial charge in [0.25, 0.3) is 5.91 Å². The van der Waals surface area contributed by atoms with E-state index in [4.69, 9.17) is 5.73 Å². The number of aromatic nitrogens is 2. The molecule has 3 atom stereocenters. The zero-order chi connectivity index (χ0) is 26.7. The quantitative estimate of drug-likeness (QED) is 0.0833. The Kier molecular flexibility index (Phi) is 7.94. The highest BCUT2D eigenvalue weighted by Gasteiger charge is 2.38. The van der Waals surface area contributed by atoms with Gasteiger partial charge < -0.3 is 42.0 Å². The van der Waals surface area contributed by atoms with Gasteiger partial charge in [-0.1, -0.05) is 5.16 Å². The van der Waals surface area contributed by atoms with E-state index in [0.717, 1.165) is 42.8 Å². The molecule has 0 aromatic carbocycles. The van der Waals surface area contributed by atoms with E-state index in [1.807, 2.05) is 0 Å². The van der Waals surface area contributed by atoms with Crippen LogP contribution in [0.3, 0.4) is 0 Å². The molecule has 1 aromatic rings. The third kappa shape index (κ3) is 5.67. The maximum absolute atomic E-state index is 12.9. The molecule has 3 aliphatic rings. The Morgan fingerprint density at radius 1 is 1.32 bits per heavy atom. The molecule has 0 bridgehead atoms. The van der Waals surface area contributed by atoms with Gasteiger partial charge in [-0.15, -0.1) is 11.8 Å². The third-order valence-electron chi connectivity index (χ3n) is 6.05. The van der Waals surface area contributed by atoms with E-state index < -0.39 is 35.0 Å². The number of thioether (sulfide) groups is 1. The van der Waals surface area contributed by atoms with Gasteiger partial charge in [-0.25, -0.2) is 9.59 Å². The SMILES string of the molecule is Nc1nc(/C(=N/O)C(=O)N[C@H](C(=O)O)[C@@H]2NC(C(=O)O)=C(/C=C3/CCN([C@@H]4CCNC4)C3=O)CS2)ns1. The Balaban J connectivity index is 1.51. The van der Waals surface area contributed by atoms with E-state index >= 15 is 0 Å². The number of nitrogens with zero attached hydrogens (tertiary/aromatic N) is 4. The first kappa shape index (κ1) is 26.4. The molecule has 0 aliphatic carbocycles. The van der Waals surface area contributed by atoms with E-state index in [9.17, 15) is 34.6 Å². The van der Waals surface area contributed by atoms with Gasteiger partial charge in [0.1, 0.15) is 11.1 Å². The smallest absolute Gasteiger partial charge is 0.352 e. The van der Waals surface area contributed by atoms with Crippen molar-refractivity contribution in [3.05, 3.63) is 28.7 Å². The molecule has 2 amide bonds. The van der Waals surface area contributed by atoms with Crippen molar-refractivity contribution in [3.8, 4) is 0 Å². The average molecular weight is 553 g/mol. The molecule has 8 N–H and O–H groups in total. The molecule has 1 aromatic heterocycles. The lowest BCUT2D eigenvalue weighted by Gasteiger charge is -2.30. The summed E-state index contributed by atoms with van der Waals surface area (Å²) in [6, 6.07) is -1.51. The summed E-state index contributed by atoms with van der Waals surface area (Å²) in [4.78, 5) is 55.0. The number of allylic oxidation sites excluding steroid dienone is 1. The number of carboxylic acid groups (broad SMARTS) is 2. The van der Waals surface area contributed by atoms with Crippen LogP contribution < -0.4 is 21.7 Å². The van der Waals surface area contributed by atoms with Crippen LogP contribution in [-0.4, -0.2) is 102 Å². The van der Waals surface area contributed by atoms with Gasteiger partial charge in [-0.2, -0.15) is 9.36 Å². The highest BCUT2D eigenvalue weighted by atomic mass is 32.2. The molecular weight excluding hydrogens is 528 g/mol. The normalized spacial score (nSPS) is 24.3. The number of nitrogen functional groups attached to an aromatic ring is 1. The van der Waals surface area contributed by atoms with Crippen LogP contribution in [0.15, 0.2) is 28.1 Å². The van der Waals surface area contributed by atoms with Crippen molar-refractivity contribution in [3.63, 3.8) is 0 Å². The maximum atomic E-state index is 12.9. The summed E-state index contributed by atoms with van der Waals surface area (Å²) in [7, 11) is 0. The number of anilines is 1. The molecule has 2 fully saturated rings. The predicted octanol–water partition coefficient (Wildman–Crippen LogP) is -1.61. The third-order valence-corrected chi connectivity index (χ3v) is 7.81. The fourth-order valence-electron chi connectivity index (χ4n) is 4.25. The van der Waals surface area contributed by atoms with Crippen molar-refractivity contribution in [2.75, 3.05) is 31.1 Å². The van der Waals surface area contributed by atoms with E-state index in [0.29, 0.717) is 24.1 Å². The van der Waals surface area contributed by atoms with Crippen molar-refractivity contribution in [2.24, 2.45) is 5.16 Å². The molecule has 4 heterocycles. The largest absolute Gasteiger partial charge is 0.480 e. The molecule has 17 heteroatoms. The lowest BCUT2D eigenvalue weighted by Crippen LogP contribution is -2.55. The first-order chi connectivity index (χ1) is 17.7. The number of amides is 2. The zero-order valence-corrected chi connectivity index (χ0v) is 20.8. The number of hydrogen-bond donors (Lipinski definition) is 7. The van der Waals surface area contributed by atoms with E-state index in [-0.39, 0.29) is 34.4 Å². The highest BCUT2D eigenvalue weighted by Crippen LogP contribution is 2.29. The summed E-state index contributed by atoms with van der Waals surface area (Å²) in [5, 5.41) is 38.6. The summed E-state index contributed by atoms with van der Waals surface area (Å²) >= 11 is 1.79. The Labute approximate surface area is 218 Å². The highest BCUT2D eigenvalue weighted by molar-refractivity contribution is 8.00. The lowest BCUT2D eigenvalue weighted by atomic mass is 10.1. The van der Waals surface area contributed by atoms with Crippen LogP contribution in [0.25, 0.3) is 0 Å². The second-order valence-corrected chi connectivity index (χ2v) is 10.3. The fraction of sp³-hybridized carbons (Fsp3) is 0.450. The molecule has 0 spiro atoms. The van der Waals surface area contributed by atoms with Gasteiger partial charge in [-0.05, 0) is 31.0 Å². The van der Waals surface area contributed by atoms with Gasteiger partial charge in [0.2, 0.25) is 17.4 Å². The number of carbonyl (C=O) groups is 4. The fourth-order valence-corrected chi connectivity index (χ4v) is 5.85. The van der Waals surface area contributed by atoms with Crippen molar-refractivity contribution in [1.29, 1.82) is 0 Å². The number of likely N-dealkylation sites (tertiary alicyclic amines) is 1. The molecule has 3 aliphatic heterocycles. The first-order valence-corrected chi connectivity index (χ1v) is 12.9. The van der Waals surface area contributed by atoms with Crippen molar-refractivity contribution in [1.82, 2.24) is 30.2 Å². The van der Waals surface area contributed by atoms with Gasteiger partial charge in [-0.3, -0.25) is 9.59 Å². The van der Waals surface area contributed by atoms with Crippen LogP contribution in [0.4, 0.5) is 5.13 Å². The summed E-state index contributed by atoms with van der Waals surface area (Å²) in [6.45, 7) is 2.11. The second kappa shape index (κ2) is 11.1. The topological polar surface area (TPSA) is 232 Å². The maximum Gasteiger partial charge on any atom is 0.352 e. The Hall–Kier alpha value is -3.70. The summed E-state index contributed by atoms with van der Waals surface area (Å²) in [6.07, 6.45) is 2.89. The minimum Gasteiger partial charge on any atom is -0.480 e. The Morgan fingerprint density at radius 2 is 2.11 bits per heavy atom.